The molecular formula is C20H20BrNO6. The predicted molar refractivity (Wildman–Crippen MR) is 108 cm³/mol. The standard InChI is InChI=1S/C20H20BrNO6/c1-13(2)15-4-6-16(7-5-15)27-12-19(23)28-20-17(21)10-14(8-9-22(24)25)11-18(20)26-3/h4-11,13H,12H2,1-3H3. The van der Waals surface area contributed by atoms with Crippen molar-refractivity contribution >= 4 is 28.0 Å². The maximum Gasteiger partial charge on any atom is 0.349 e. The van der Waals surface area contributed by atoms with Gasteiger partial charge in [0, 0.05) is 6.08 Å². The summed E-state index contributed by atoms with van der Waals surface area (Å²) >= 11 is 3.29. The Labute approximate surface area is 171 Å². The number of carbonyl (C=O) groups is 1. The molecule has 0 bridgehead atoms. The number of hydrogen-bond acceptors (Lipinski definition) is 6. The minimum Gasteiger partial charge on any atom is -0.493 e. The Hall–Kier alpha value is -2.87. The molecule has 2 rings (SSSR count). The number of halogens is 1. The van der Waals surface area contributed by atoms with Crippen LogP contribution in [0.25, 0.3) is 6.08 Å². The number of ether oxygens (including phenoxy) is 3. The summed E-state index contributed by atoms with van der Waals surface area (Å²) < 4.78 is 16.4. The second kappa shape index (κ2) is 9.89. The molecule has 2 aromatic carbocycles. The average molecular weight is 450 g/mol. The van der Waals surface area contributed by atoms with Gasteiger partial charge >= 0.3 is 5.97 Å². The van der Waals surface area contributed by atoms with Crippen LogP contribution in [0.3, 0.4) is 0 Å². The summed E-state index contributed by atoms with van der Waals surface area (Å²) in [7, 11) is 1.41. The maximum atomic E-state index is 12.2. The fourth-order valence-corrected chi connectivity index (χ4v) is 2.86. The quantitative estimate of drug-likeness (QED) is 0.248. The van der Waals surface area contributed by atoms with Gasteiger partial charge < -0.3 is 14.2 Å². The lowest BCUT2D eigenvalue weighted by molar-refractivity contribution is -0.400. The molecule has 2 aromatic rings. The maximum absolute atomic E-state index is 12.2. The number of benzene rings is 2. The molecule has 0 spiro atoms. The van der Waals surface area contributed by atoms with Gasteiger partial charge in [-0.3, -0.25) is 10.1 Å². The largest absolute Gasteiger partial charge is 0.493 e. The third kappa shape index (κ3) is 6.09. The van der Waals surface area contributed by atoms with E-state index in [1.165, 1.54) is 24.8 Å². The first-order chi connectivity index (χ1) is 13.3. The van der Waals surface area contributed by atoms with Crippen LogP contribution in [0.1, 0.15) is 30.9 Å². The fraction of sp³-hybridized carbons (Fsp3) is 0.250. The van der Waals surface area contributed by atoms with Crippen molar-refractivity contribution in [3.63, 3.8) is 0 Å². The number of hydrogen-bond donors (Lipinski definition) is 0. The smallest absolute Gasteiger partial charge is 0.349 e. The van der Waals surface area contributed by atoms with Crippen molar-refractivity contribution in [2.45, 2.75) is 19.8 Å². The van der Waals surface area contributed by atoms with Gasteiger partial charge in [0.05, 0.1) is 16.5 Å². The highest BCUT2D eigenvalue weighted by molar-refractivity contribution is 9.10. The van der Waals surface area contributed by atoms with Crippen molar-refractivity contribution in [2.75, 3.05) is 13.7 Å². The van der Waals surface area contributed by atoms with Crippen LogP contribution < -0.4 is 14.2 Å². The molecule has 0 aliphatic rings. The average Bonchev–Trinajstić information content (AvgIpc) is 2.66. The summed E-state index contributed by atoms with van der Waals surface area (Å²) in [6.07, 6.45) is 2.12. The van der Waals surface area contributed by atoms with Crippen LogP contribution in [0.4, 0.5) is 0 Å². The number of carbonyl (C=O) groups excluding carboxylic acids is 1. The molecule has 8 heteroatoms. The summed E-state index contributed by atoms with van der Waals surface area (Å²) in [5.41, 5.74) is 1.69. The van der Waals surface area contributed by atoms with E-state index in [4.69, 9.17) is 14.2 Å². The molecule has 0 fully saturated rings. The number of rotatable bonds is 8. The second-order valence-electron chi connectivity index (χ2n) is 6.12. The third-order valence-corrected chi connectivity index (χ3v) is 4.35. The third-order valence-electron chi connectivity index (χ3n) is 3.76. The Balaban J connectivity index is 2.05. The zero-order valence-electron chi connectivity index (χ0n) is 15.7. The zero-order chi connectivity index (χ0) is 20.7. The normalized spacial score (nSPS) is 10.9. The summed E-state index contributed by atoms with van der Waals surface area (Å²) in [5, 5.41) is 10.5. The summed E-state index contributed by atoms with van der Waals surface area (Å²) in [4.78, 5) is 22.0. The molecule has 0 aromatic heterocycles. The molecule has 0 amide bonds. The molecule has 0 unspecified atom stereocenters. The van der Waals surface area contributed by atoms with Crippen molar-refractivity contribution < 1.29 is 23.9 Å². The van der Waals surface area contributed by atoms with Gasteiger partial charge in [-0.25, -0.2) is 4.79 Å². The van der Waals surface area contributed by atoms with Gasteiger partial charge in [0.2, 0.25) is 6.20 Å². The van der Waals surface area contributed by atoms with E-state index in [0.717, 1.165) is 6.20 Å². The summed E-state index contributed by atoms with van der Waals surface area (Å²) in [6.45, 7) is 3.91. The van der Waals surface area contributed by atoms with E-state index in [1.807, 2.05) is 12.1 Å². The first-order valence-electron chi connectivity index (χ1n) is 8.42. The minimum atomic E-state index is -0.611. The first kappa shape index (κ1) is 21.4. The van der Waals surface area contributed by atoms with Crippen LogP contribution in [0.15, 0.2) is 47.1 Å². The Kier molecular flexibility index (Phi) is 7.57. The van der Waals surface area contributed by atoms with Crippen LogP contribution in [0, 0.1) is 10.1 Å². The lowest BCUT2D eigenvalue weighted by atomic mass is 10.0. The Morgan fingerprint density at radius 3 is 2.50 bits per heavy atom. The van der Waals surface area contributed by atoms with Crippen LogP contribution in [-0.2, 0) is 4.79 Å². The van der Waals surface area contributed by atoms with E-state index in [0.29, 0.717) is 21.7 Å². The highest BCUT2D eigenvalue weighted by Crippen LogP contribution is 2.37. The Bertz CT molecular complexity index is 877. The Morgan fingerprint density at radius 2 is 1.93 bits per heavy atom. The van der Waals surface area contributed by atoms with Gasteiger partial charge in [-0.15, -0.1) is 0 Å². The first-order valence-corrected chi connectivity index (χ1v) is 9.22. The molecule has 0 aliphatic carbocycles. The van der Waals surface area contributed by atoms with Crippen molar-refractivity contribution in [1.29, 1.82) is 0 Å². The van der Waals surface area contributed by atoms with Gasteiger partial charge in [-0.05, 0) is 57.2 Å². The van der Waals surface area contributed by atoms with Crippen molar-refractivity contribution in [1.82, 2.24) is 0 Å². The van der Waals surface area contributed by atoms with E-state index >= 15 is 0 Å². The predicted octanol–water partition coefficient (Wildman–Crippen LogP) is 4.81. The molecule has 28 heavy (non-hydrogen) atoms. The number of methoxy groups -OCH3 is 1. The van der Waals surface area contributed by atoms with E-state index < -0.39 is 10.9 Å². The highest BCUT2D eigenvalue weighted by atomic mass is 79.9. The van der Waals surface area contributed by atoms with Crippen LogP contribution in [-0.4, -0.2) is 24.6 Å². The summed E-state index contributed by atoms with van der Waals surface area (Å²) in [6, 6.07) is 10.6. The van der Waals surface area contributed by atoms with Crippen molar-refractivity contribution in [2.24, 2.45) is 0 Å². The van der Waals surface area contributed by atoms with E-state index in [1.54, 1.807) is 18.2 Å². The van der Waals surface area contributed by atoms with Crippen LogP contribution in [0.2, 0.25) is 0 Å². The van der Waals surface area contributed by atoms with Crippen molar-refractivity contribution in [3.8, 4) is 17.2 Å². The SMILES string of the molecule is COc1cc(C=C[N+](=O)[O-])cc(Br)c1OC(=O)COc1ccc(C(C)C)cc1. The molecule has 7 nitrogen and oxygen atoms in total. The number of nitro groups is 1. The molecule has 0 saturated carbocycles. The minimum absolute atomic E-state index is 0.171. The zero-order valence-corrected chi connectivity index (χ0v) is 17.3. The molecule has 0 atom stereocenters. The molecule has 0 saturated heterocycles. The van der Waals surface area contributed by atoms with Gasteiger partial charge in [-0.2, -0.15) is 0 Å². The molecule has 0 aliphatic heterocycles. The molecule has 0 heterocycles. The van der Waals surface area contributed by atoms with Gasteiger partial charge in [0.15, 0.2) is 18.1 Å². The van der Waals surface area contributed by atoms with Gasteiger partial charge in [0.25, 0.3) is 0 Å². The lowest BCUT2D eigenvalue weighted by Gasteiger charge is -2.13. The molecule has 148 valence electrons. The molecule has 0 radical (unpaired) electrons. The molecule has 0 N–H and O–H groups in total. The van der Waals surface area contributed by atoms with Gasteiger partial charge in [0.1, 0.15) is 5.75 Å². The fourth-order valence-electron chi connectivity index (χ4n) is 2.32. The van der Waals surface area contributed by atoms with Gasteiger partial charge in [-0.1, -0.05) is 26.0 Å². The second-order valence-corrected chi connectivity index (χ2v) is 6.98. The topological polar surface area (TPSA) is 87.9 Å². The number of esters is 1. The van der Waals surface area contributed by atoms with Crippen molar-refractivity contribution in [3.05, 3.63) is 68.3 Å². The highest BCUT2D eigenvalue weighted by Gasteiger charge is 2.16. The number of nitrogens with zero attached hydrogens (tertiary/aromatic N) is 1. The van der Waals surface area contributed by atoms with Crippen LogP contribution in [0.5, 0.6) is 17.2 Å². The van der Waals surface area contributed by atoms with E-state index in [2.05, 4.69) is 29.8 Å². The van der Waals surface area contributed by atoms with E-state index in [-0.39, 0.29) is 18.1 Å². The van der Waals surface area contributed by atoms with E-state index in [9.17, 15) is 14.9 Å². The van der Waals surface area contributed by atoms with Crippen LogP contribution >= 0.6 is 15.9 Å². The molecular weight excluding hydrogens is 430 g/mol. The lowest BCUT2D eigenvalue weighted by Crippen LogP contribution is -2.18. The monoisotopic (exact) mass is 449 g/mol. The Morgan fingerprint density at radius 1 is 1.25 bits per heavy atom. The summed E-state index contributed by atoms with van der Waals surface area (Å²) in [5.74, 6) is 0.789.